The monoisotopic (exact) mass is 261 g/mol. The minimum atomic E-state index is -0.441. The minimum absolute atomic E-state index is 0.158. The molecule has 98 valence electrons. The molecular formula is C11H20ClN3O2. The fourth-order valence-electron chi connectivity index (χ4n) is 2.08. The Hall–Kier alpha value is -0.810. The zero-order valence-corrected chi connectivity index (χ0v) is 11.2. The number of carbonyl (C=O) groups is 2. The fraction of sp³-hybridized carbons (Fsp3) is 0.818. The summed E-state index contributed by atoms with van der Waals surface area (Å²) in [5.41, 5.74) is 0. The van der Waals surface area contributed by atoms with Crippen LogP contribution in [0.4, 0.5) is 4.79 Å². The fourth-order valence-corrected chi connectivity index (χ4v) is 2.15. The van der Waals surface area contributed by atoms with Gasteiger partial charge >= 0.3 is 6.03 Å². The van der Waals surface area contributed by atoms with E-state index < -0.39 is 5.91 Å². The maximum absolute atomic E-state index is 11.9. The molecule has 1 saturated heterocycles. The molecular weight excluding hydrogens is 242 g/mol. The molecule has 1 atom stereocenters. The highest BCUT2D eigenvalue weighted by molar-refractivity contribution is 6.28. The predicted molar refractivity (Wildman–Crippen MR) is 67.2 cm³/mol. The van der Waals surface area contributed by atoms with E-state index in [9.17, 15) is 9.59 Å². The van der Waals surface area contributed by atoms with Crippen LogP contribution in [-0.4, -0.2) is 60.3 Å². The van der Waals surface area contributed by atoms with Crippen LogP contribution < -0.4 is 5.32 Å². The molecule has 6 heteroatoms. The van der Waals surface area contributed by atoms with Gasteiger partial charge in [0.25, 0.3) is 0 Å². The van der Waals surface area contributed by atoms with E-state index in [1.54, 1.807) is 4.90 Å². The number of hydrogen-bond donors (Lipinski definition) is 1. The Morgan fingerprint density at radius 3 is 2.71 bits per heavy atom. The average molecular weight is 262 g/mol. The summed E-state index contributed by atoms with van der Waals surface area (Å²) in [6, 6.07) is -0.163. The van der Waals surface area contributed by atoms with Crippen molar-refractivity contribution in [2.24, 2.45) is 0 Å². The number of likely N-dealkylation sites (N-methyl/N-ethyl adjacent to an activating group) is 1. The smallest absolute Gasteiger partial charge is 0.320 e. The first-order valence-electron chi connectivity index (χ1n) is 5.93. The molecule has 1 fully saturated rings. The van der Waals surface area contributed by atoms with Gasteiger partial charge in [-0.25, -0.2) is 4.79 Å². The standard InChI is InChI=1S/C11H20ClN3O2/c1-3-9-8-14(2)5-4-6-15(9)11(17)13-10(16)7-12/h9H,3-8H2,1-2H3,(H,13,16,17). The highest BCUT2D eigenvalue weighted by Gasteiger charge is 2.26. The Bertz CT molecular complexity index is 286. The molecule has 1 aliphatic rings. The van der Waals surface area contributed by atoms with Gasteiger partial charge in [0, 0.05) is 19.1 Å². The summed E-state index contributed by atoms with van der Waals surface area (Å²) < 4.78 is 0. The zero-order chi connectivity index (χ0) is 12.8. The van der Waals surface area contributed by atoms with E-state index in [1.807, 2.05) is 14.0 Å². The number of urea groups is 1. The van der Waals surface area contributed by atoms with Gasteiger partial charge in [-0.3, -0.25) is 10.1 Å². The topological polar surface area (TPSA) is 52.6 Å². The van der Waals surface area contributed by atoms with Gasteiger partial charge in [0.15, 0.2) is 0 Å². The van der Waals surface area contributed by atoms with Crippen LogP contribution in [0, 0.1) is 0 Å². The van der Waals surface area contributed by atoms with Crippen molar-refractivity contribution in [2.45, 2.75) is 25.8 Å². The maximum Gasteiger partial charge on any atom is 0.324 e. The number of amides is 3. The van der Waals surface area contributed by atoms with E-state index in [4.69, 9.17) is 11.6 Å². The summed E-state index contributed by atoms with van der Waals surface area (Å²) >= 11 is 5.37. The Morgan fingerprint density at radius 1 is 1.41 bits per heavy atom. The van der Waals surface area contributed by atoms with Crippen molar-refractivity contribution in [3.8, 4) is 0 Å². The molecule has 1 rings (SSSR count). The lowest BCUT2D eigenvalue weighted by atomic mass is 10.2. The largest absolute Gasteiger partial charge is 0.324 e. The Morgan fingerprint density at radius 2 is 2.12 bits per heavy atom. The molecule has 1 aliphatic heterocycles. The number of halogens is 1. The van der Waals surface area contributed by atoms with Gasteiger partial charge in [-0.2, -0.15) is 0 Å². The second-order valence-corrected chi connectivity index (χ2v) is 4.63. The lowest BCUT2D eigenvalue weighted by Gasteiger charge is -2.29. The zero-order valence-electron chi connectivity index (χ0n) is 10.4. The first-order valence-corrected chi connectivity index (χ1v) is 6.46. The number of nitrogens with one attached hydrogen (secondary N) is 1. The van der Waals surface area contributed by atoms with Crippen LogP contribution in [0.1, 0.15) is 19.8 Å². The van der Waals surface area contributed by atoms with Crippen LogP contribution in [0.15, 0.2) is 0 Å². The molecule has 1 heterocycles. The van der Waals surface area contributed by atoms with Crippen molar-refractivity contribution < 1.29 is 9.59 Å². The lowest BCUT2D eigenvalue weighted by molar-refractivity contribution is -0.117. The first kappa shape index (κ1) is 14.3. The van der Waals surface area contributed by atoms with Gasteiger partial charge in [0.2, 0.25) is 5.91 Å². The van der Waals surface area contributed by atoms with E-state index in [0.29, 0.717) is 6.54 Å². The summed E-state index contributed by atoms with van der Waals surface area (Å²) in [4.78, 5) is 27.0. The van der Waals surface area contributed by atoms with Crippen LogP contribution >= 0.6 is 11.6 Å². The van der Waals surface area contributed by atoms with Crippen molar-refractivity contribution in [3.05, 3.63) is 0 Å². The quantitative estimate of drug-likeness (QED) is 0.751. The first-order chi connectivity index (χ1) is 8.08. The highest BCUT2D eigenvalue weighted by Crippen LogP contribution is 2.11. The number of imide groups is 1. The van der Waals surface area contributed by atoms with Gasteiger partial charge in [0.1, 0.15) is 5.88 Å². The van der Waals surface area contributed by atoms with Crippen molar-refractivity contribution in [1.82, 2.24) is 15.1 Å². The minimum Gasteiger partial charge on any atom is -0.320 e. The predicted octanol–water partition coefficient (Wildman–Crippen LogP) is 0.877. The summed E-state index contributed by atoms with van der Waals surface area (Å²) in [5.74, 6) is -0.625. The second kappa shape index (κ2) is 6.81. The van der Waals surface area contributed by atoms with E-state index in [-0.39, 0.29) is 18.0 Å². The van der Waals surface area contributed by atoms with Gasteiger partial charge < -0.3 is 9.80 Å². The van der Waals surface area contributed by atoms with Crippen molar-refractivity contribution in [3.63, 3.8) is 0 Å². The van der Waals surface area contributed by atoms with Gasteiger partial charge in [0.05, 0.1) is 0 Å². The molecule has 0 spiro atoms. The third kappa shape index (κ3) is 4.16. The van der Waals surface area contributed by atoms with Gasteiger partial charge in [-0.05, 0) is 26.4 Å². The Kier molecular flexibility index (Phi) is 5.71. The molecule has 3 amide bonds. The third-order valence-corrected chi connectivity index (χ3v) is 3.24. The van der Waals surface area contributed by atoms with E-state index in [0.717, 1.165) is 25.9 Å². The number of nitrogens with zero attached hydrogens (tertiary/aromatic N) is 2. The average Bonchev–Trinajstić information content (AvgIpc) is 2.50. The Labute approximate surface area is 107 Å². The SMILES string of the molecule is CCC1CN(C)CCCN1C(=O)NC(=O)CCl. The molecule has 17 heavy (non-hydrogen) atoms. The molecule has 5 nitrogen and oxygen atoms in total. The van der Waals surface area contributed by atoms with E-state index in [2.05, 4.69) is 10.2 Å². The van der Waals surface area contributed by atoms with Crippen LogP contribution in [0.5, 0.6) is 0 Å². The Balaban J connectivity index is 2.64. The van der Waals surface area contributed by atoms with Crippen LogP contribution in [0.2, 0.25) is 0 Å². The second-order valence-electron chi connectivity index (χ2n) is 4.36. The number of rotatable bonds is 2. The maximum atomic E-state index is 11.9. The molecule has 0 bridgehead atoms. The van der Waals surface area contributed by atoms with Crippen molar-refractivity contribution in [2.75, 3.05) is 32.6 Å². The molecule has 0 aromatic rings. The van der Waals surface area contributed by atoms with Crippen molar-refractivity contribution in [1.29, 1.82) is 0 Å². The van der Waals surface area contributed by atoms with Crippen LogP contribution in [0.3, 0.4) is 0 Å². The van der Waals surface area contributed by atoms with Gasteiger partial charge in [-0.15, -0.1) is 11.6 Å². The van der Waals surface area contributed by atoms with Crippen LogP contribution in [-0.2, 0) is 4.79 Å². The lowest BCUT2D eigenvalue weighted by Crippen LogP contribution is -2.50. The molecule has 0 aromatic carbocycles. The highest BCUT2D eigenvalue weighted by atomic mass is 35.5. The summed E-state index contributed by atoms with van der Waals surface area (Å²) in [6.07, 6.45) is 1.81. The summed E-state index contributed by atoms with van der Waals surface area (Å²) in [6.45, 7) is 4.56. The normalized spacial score (nSPS) is 22.1. The summed E-state index contributed by atoms with van der Waals surface area (Å²) in [7, 11) is 2.05. The van der Waals surface area contributed by atoms with Crippen molar-refractivity contribution >= 4 is 23.5 Å². The molecule has 1 N–H and O–H groups in total. The number of alkyl halides is 1. The molecule has 0 aromatic heterocycles. The van der Waals surface area contributed by atoms with E-state index >= 15 is 0 Å². The number of carbonyl (C=O) groups excluding carboxylic acids is 2. The molecule has 0 aliphatic carbocycles. The molecule has 1 unspecified atom stereocenters. The van der Waals surface area contributed by atoms with E-state index in [1.165, 1.54) is 0 Å². The third-order valence-electron chi connectivity index (χ3n) is 3.00. The van der Waals surface area contributed by atoms with Gasteiger partial charge in [-0.1, -0.05) is 6.92 Å². The summed E-state index contributed by atoms with van der Waals surface area (Å²) in [5, 5.41) is 2.30. The molecule has 0 saturated carbocycles. The number of hydrogen-bond acceptors (Lipinski definition) is 3. The molecule has 0 radical (unpaired) electrons. The van der Waals surface area contributed by atoms with Crippen LogP contribution in [0.25, 0.3) is 0 Å².